The normalized spacial score (nSPS) is 18.5. The van der Waals surface area contributed by atoms with Gasteiger partial charge in [0.15, 0.2) is 0 Å². The van der Waals surface area contributed by atoms with Crippen LogP contribution in [-0.2, 0) is 9.59 Å². The average molecular weight is 380 g/mol. The smallest absolute Gasteiger partial charge is 0.295 e. The number of non-ortho nitro benzene ring substituents is 1. The Morgan fingerprint density at radius 2 is 1.86 bits per heavy atom. The predicted molar refractivity (Wildman–Crippen MR) is 103 cm³/mol. The van der Waals surface area contributed by atoms with Gasteiger partial charge >= 0.3 is 0 Å². The van der Waals surface area contributed by atoms with Crippen molar-refractivity contribution < 1.29 is 19.6 Å². The number of carbonyl (C=O) groups is 2. The Kier molecular flexibility index (Phi) is 5.54. The maximum atomic E-state index is 12.8. The van der Waals surface area contributed by atoms with Crippen molar-refractivity contribution in [1.82, 2.24) is 4.90 Å². The number of aliphatic hydroxyl groups is 1. The van der Waals surface area contributed by atoms with E-state index in [1.165, 1.54) is 23.1 Å². The molecule has 1 N–H and O–H groups in total. The van der Waals surface area contributed by atoms with E-state index in [2.05, 4.69) is 0 Å². The van der Waals surface area contributed by atoms with E-state index < -0.39 is 22.7 Å². The third-order valence-electron chi connectivity index (χ3n) is 4.74. The summed E-state index contributed by atoms with van der Waals surface area (Å²) in [6.45, 7) is 2.28. The number of benzene rings is 2. The summed E-state index contributed by atoms with van der Waals surface area (Å²) >= 11 is 0. The van der Waals surface area contributed by atoms with Crippen LogP contribution >= 0.6 is 0 Å². The average Bonchev–Trinajstić information content (AvgIpc) is 2.97. The number of unbranched alkanes of at least 4 members (excludes halogenated alkanes) is 1. The maximum Gasteiger partial charge on any atom is 0.295 e. The van der Waals surface area contributed by atoms with Crippen LogP contribution in [0.4, 0.5) is 5.69 Å². The van der Waals surface area contributed by atoms with Crippen molar-refractivity contribution in [2.45, 2.75) is 25.8 Å². The third-order valence-corrected chi connectivity index (χ3v) is 4.74. The molecule has 1 saturated heterocycles. The number of nitro benzene ring substituents is 1. The SMILES string of the molecule is CCCCN1C(=O)C(=O)C(=C(O)c2ccccc2)C1c1cccc([N+](=O)[O-])c1. The molecule has 2 aromatic rings. The van der Waals surface area contributed by atoms with Crippen LogP contribution in [0.5, 0.6) is 0 Å². The lowest BCUT2D eigenvalue weighted by molar-refractivity contribution is -0.384. The molecule has 28 heavy (non-hydrogen) atoms. The zero-order chi connectivity index (χ0) is 20.3. The molecule has 3 rings (SSSR count). The molecule has 0 aromatic heterocycles. The highest BCUT2D eigenvalue weighted by atomic mass is 16.6. The van der Waals surface area contributed by atoms with E-state index >= 15 is 0 Å². The number of aliphatic hydroxyl groups excluding tert-OH is 1. The number of rotatable bonds is 6. The Hall–Kier alpha value is -3.48. The number of hydrogen-bond donors (Lipinski definition) is 1. The maximum absolute atomic E-state index is 12.8. The molecule has 1 fully saturated rings. The minimum atomic E-state index is -0.869. The Balaban J connectivity index is 2.18. The molecule has 2 aromatic carbocycles. The molecule has 1 aliphatic heterocycles. The van der Waals surface area contributed by atoms with E-state index in [0.717, 1.165) is 6.42 Å². The second-order valence-electron chi connectivity index (χ2n) is 6.56. The van der Waals surface area contributed by atoms with Gasteiger partial charge in [-0.1, -0.05) is 55.8 Å². The summed E-state index contributed by atoms with van der Waals surface area (Å²) in [6, 6.07) is 13.4. The van der Waals surface area contributed by atoms with Crippen LogP contribution in [0.25, 0.3) is 5.76 Å². The van der Waals surface area contributed by atoms with E-state index in [1.807, 2.05) is 6.92 Å². The minimum absolute atomic E-state index is 0.0483. The highest BCUT2D eigenvalue weighted by Gasteiger charge is 2.46. The van der Waals surface area contributed by atoms with Crippen LogP contribution in [0.3, 0.4) is 0 Å². The monoisotopic (exact) mass is 380 g/mol. The highest BCUT2D eigenvalue weighted by Crippen LogP contribution is 2.40. The first-order chi connectivity index (χ1) is 13.5. The number of hydrogen-bond acceptors (Lipinski definition) is 5. The van der Waals surface area contributed by atoms with Gasteiger partial charge in [-0.3, -0.25) is 19.7 Å². The Labute approximate surface area is 162 Å². The molecule has 144 valence electrons. The van der Waals surface area contributed by atoms with Crippen LogP contribution in [0.1, 0.15) is 36.9 Å². The van der Waals surface area contributed by atoms with Crippen LogP contribution < -0.4 is 0 Å². The van der Waals surface area contributed by atoms with Crippen molar-refractivity contribution >= 4 is 23.1 Å². The fourth-order valence-electron chi connectivity index (χ4n) is 3.35. The van der Waals surface area contributed by atoms with E-state index in [4.69, 9.17) is 0 Å². The zero-order valence-corrected chi connectivity index (χ0v) is 15.4. The molecule has 0 saturated carbocycles. The summed E-state index contributed by atoms with van der Waals surface area (Å²) in [4.78, 5) is 37.5. The molecular weight excluding hydrogens is 360 g/mol. The van der Waals surface area contributed by atoms with Crippen LogP contribution in [0.15, 0.2) is 60.2 Å². The van der Waals surface area contributed by atoms with Crippen molar-refractivity contribution in [2.24, 2.45) is 0 Å². The lowest BCUT2D eigenvalue weighted by Crippen LogP contribution is -2.30. The van der Waals surface area contributed by atoms with E-state index in [9.17, 15) is 24.8 Å². The summed E-state index contributed by atoms with van der Waals surface area (Å²) in [5.41, 5.74) is 0.638. The molecule has 0 spiro atoms. The second kappa shape index (κ2) is 8.04. The first kappa shape index (κ1) is 19.3. The largest absolute Gasteiger partial charge is 0.507 e. The van der Waals surface area contributed by atoms with Gasteiger partial charge in [0.25, 0.3) is 17.4 Å². The Morgan fingerprint density at radius 1 is 1.14 bits per heavy atom. The zero-order valence-electron chi connectivity index (χ0n) is 15.4. The van der Waals surface area contributed by atoms with Gasteiger partial charge in [-0.25, -0.2) is 0 Å². The van der Waals surface area contributed by atoms with E-state index in [0.29, 0.717) is 24.1 Å². The first-order valence-electron chi connectivity index (χ1n) is 9.04. The molecule has 1 amide bonds. The van der Waals surface area contributed by atoms with E-state index in [1.54, 1.807) is 36.4 Å². The number of ketones is 1. The van der Waals surface area contributed by atoms with Crippen LogP contribution in [0.2, 0.25) is 0 Å². The third kappa shape index (κ3) is 3.51. The molecule has 0 radical (unpaired) electrons. The van der Waals surface area contributed by atoms with Crippen molar-refractivity contribution in [2.75, 3.05) is 6.54 Å². The van der Waals surface area contributed by atoms with Gasteiger partial charge in [-0.2, -0.15) is 0 Å². The van der Waals surface area contributed by atoms with Crippen LogP contribution in [0, 0.1) is 10.1 Å². The van der Waals surface area contributed by atoms with Gasteiger partial charge < -0.3 is 10.0 Å². The molecule has 1 heterocycles. The van der Waals surface area contributed by atoms with Gasteiger partial charge in [0.05, 0.1) is 16.5 Å². The number of nitro groups is 1. The molecule has 0 aliphatic carbocycles. The van der Waals surface area contributed by atoms with Gasteiger partial charge in [-0.15, -0.1) is 0 Å². The molecule has 7 heteroatoms. The second-order valence-corrected chi connectivity index (χ2v) is 6.56. The number of amides is 1. The van der Waals surface area contributed by atoms with Crippen LogP contribution in [-0.4, -0.2) is 33.2 Å². The number of likely N-dealkylation sites (tertiary alicyclic amines) is 1. The topological polar surface area (TPSA) is 101 Å². The minimum Gasteiger partial charge on any atom is -0.507 e. The van der Waals surface area contributed by atoms with Crippen molar-refractivity contribution in [3.8, 4) is 0 Å². The Bertz CT molecular complexity index is 952. The van der Waals surface area contributed by atoms with Crippen molar-refractivity contribution in [3.05, 3.63) is 81.4 Å². The predicted octanol–water partition coefficient (Wildman–Crippen LogP) is 3.82. The Morgan fingerprint density at radius 3 is 2.50 bits per heavy atom. The molecule has 1 atom stereocenters. The summed E-state index contributed by atoms with van der Waals surface area (Å²) in [5.74, 6) is -1.77. The van der Waals surface area contributed by atoms with Gasteiger partial charge in [0.2, 0.25) is 0 Å². The first-order valence-corrected chi connectivity index (χ1v) is 9.04. The molecule has 0 bridgehead atoms. The number of carbonyl (C=O) groups excluding carboxylic acids is 2. The molecule has 7 nitrogen and oxygen atoms in total. The summed E-state index contributed by atoms with van der Waals surface area (Å²) in [5, 5.41) is 22.0. The van der Waals surface area contributed by atoms with Crippen molar-refractivity contribution in [1.29, 1.82) is 0 Å². The fourth-order valence-corrected chi connectivity index (χ4v) is 3.35. The lowest BCUT2D eigenvalue weighted by Gasteiger charge is -2.25. The van der Waals surface area contributed by atoms with E-state index in [-0.39, 0.29) is 17.0 Å². The number of nitrogens with zero attached hydrogens (tertiary/aromatic N) is 2. The summed E-state index contributed by atoms with van der Waals surface area (Å²) < 4.78 is 0. The lowest BCUT2D eigenvalue weighted by atomic mass is 9.95. The summed E-state index contributed by atoms with van der Waals surface area (Å²) in [7, 11) is 0. The highest BCUT2D eigenvalue weighted by molar-refractivity contribution is 6.46. The van der Waals surface area contributed by atoms with Gasteiger partial charge in [-0.05, 0) is 12.0 Å². The number of Topliss-reactive ketones (excluding diaryl/α,β-unsaturated/α-hetero) is 1. The molecular formula is C21H20N2O5. The summed E-state index contributed by atoms with van der Waals surface area (Å²) in [6.07, 6.45) is 1.48. The fraction of sp³-hybridized carbons (Fsp3) is 0.238. The van der Waals surface area contributed by atoms with Gasteiger partial charge in [0, 0.05) is 24.2 Å². The van der Waals surface area contributed by atoms with Crippen molar-refractivity contribution in [3.63, 3.8) is 0 Å². The molecule has 1 unspecified atom stereocenters. The van der Waals surface area contributed by atoms with Gasteiger partial charge in [0.1, 0.15) is 5.76 Å². The standard InChI is InChI=1S/C21H20N2O5/c1-2-3-12-22-18(15-10-7-11-16(13-15)23(27)28)17(20(25)21(22)26)19(24)14-8-5-4-6-9-14/h4-11,13,18,24H,2-3,12H2,1H3. The molecule has 1 aliphatic rings. The quantitative estimate of drug-likeness (QED) is 0.270.